The van der Waals surface area contributed by atoms with Crippen molar-refractivity contribution in [2.24, 2.45) is 0 Å². The van der Waals surface area contributed by atoms with Crippen LogP contribution in [0, 0.1) is 0 Å². The standard InChI is InChI=1S/C21H25NO5S/c1-15(23)14-27-20(24)17-7-5-16(6-8-17)13-22-28(25,26)19-11-9-18(10-12-19)21(2,3)4/h5-12,22H,13-14H2,1-4H3. The third kappa shape index (κ3) is 6.00. The molecule has 0 saturated heterocycles. The number of rotatable bonds is 7. The lowest BCUT2D eigenvalue weighted by Gasteiger charge is -2.19. The van der Waals surface area contributed by atoms with Crippen LogP contribution < -0.4 is 4.72 Å². The highest BCUT2D eigenvalue weighted by Crippen LogP contribution is 2.23. The Kier molecular flexibility index (Phi) is 6.74. The van der Waals surface area contributed by atoms with Crippen LogP contribution in [0.2, 0.25) is 0 Å². The largest absolute Gasteiger partial charge is 0.454 e. The maximum atomic E-state index is 12.5. The maximum Gasteiger partial charge on any atom is 0.338 e. The number of Topliss-reactive ketones (excluding diaryl/α,β-unsaturated/α-hetero) is 1. The van der Waals surface area contributed by atoms with E-state index < -0.39 is 16.0 Å². The van der Waals surface area contributed by atoms with E-state index in [1.807, 2.05) is 12.1 Å². The van der Waals surface area contributed by atoms with Gasteiger partial charge in [-0.15, -0.1) is 0 Å². The molecule has 0 fully saturated rings. The summed E-state index contributed by atoms with van der Waals surface area (Å²) in [5.74, 6) is -0.837. The number of ether oxygens (including phenoxy) is 1. The van der Waals surface area contributed by atoms with Crippen molar-refractivity contribution in [2.45, 2.75) is 44.6 Å². The second kappa shape index (κ2) is 8.67. The Morgan fingerprint density at radius 3 is 2.04 bits per heavy atom. The van der Waals surface area contributed by atoms with E-state index in [9.17, 15) is 18.0 Å². The van der Waals surface area contributed by atoms with Crippen molar-refractivity contribution in [3.63, 3.8) is 0 Å². The molecule has 1 N–H and O–H groups in total. The Hall–Kier alpha value is -2.51. The van der Waals surface area contributed by atoms with Crippen LogP contribution in [0.25, 0.3) is 0 Å². The summed E-state index contributed by atoms with van der Waals surface area (Å²) in [4.78, 5) is 22.8. The zero-order valence-corrected chi connectivity index (χ0v) is 17.3. The highest BCUT2D eigenvalue weighted by molar-refractivity contribution is 7.89. The number of ketones is 1. The first-order valence-corrected chi connectivity index (χ1v) is 10.3. The minimum atomic E-state index is -3.64. The van der Waals surface area contributed by atoms with E-state index in [1.165, 1.54) is 19.1 Å². The molecular weight excluding hydrogens is 378 g/mol. The Labute approximate surface area is 166 Å². The van der Waals surface area contributed by atoms with Crippen LogP contribution in [-0.2, 0) is 31.5 Å². The monoisotopic (exact) mass is 403 g/mol. The molecule has 0 bridgehead atoms. The molecule has 0 saturated carbocycles. The number of esters is 1. The molecule has 7 heteroatoms. The lowest BCUT2D eigenvalue weighted by Crippen LogP contribution is -2.23. The molecule has 2 aromatic carbocycles. The molecule has 0 aromatic heterocycles. The fraction of sp³-hybridized carbons (Fsp3) is 0.333. The minimum Gasteiger partial charge on any atom is -0.454 e. The zero-order chi connectivity index (χ0) is 20.9. The fourth-order valence-corrected chi connectivity index (χ4v) is 3.42. The van der Waals surface area contributed by atoms with Gasteiger partial charge in [-0.05, 0) is 47.7 Å². The Balaban J connectivity index is 2.00. The summed E-state index contributed by atoms with van der Waals surface area (Å²) in [6.45, 7) is 7.34. The normalized spacial score (nSPS) is 11.9. The van der Waals surface area contributed by atoms with E-state index in [1.54, 1.807) is 24.3 Å². The third-order valence-corrected chi connectivity index (χ3v) is 5.51. The average Bonchev–Trinajstić information content (AvgIpc) is 2.64. The number of benzene rings is 2. The van der Waals surface area contributed by atoms with Gasteiger partial charge >= 0.3 is 5.97 Å². The first-order chi connectivity index (χ1) is 13.0. The summed E-state index contributed by atoms with van der Waals surface area (Å²) < 4.78 is 32.3. The molecule has 28 heavy (non-hydrogen) atoms. The molecule has 0 radical (unpaired) electrons. The van der Waals surface area contributed by atoms with Gasteiger partial charge in [-0.25, -0.2) is 17.9 Å². The van der Waals surface area contributed by atoms with Gasteiger partial charge in [0.05, 0.1) is 10.5 Å². The fourth-order valence-electron chi connectivity index (χ4n) is 2.40. The van der Waals surface area contributed by atoms with Crippen molar-refractivity contribution in [2.75, 3.05) is 6.61 Å². The zero-order valence-electron chi connectivity index (χ0n) is 16.5. The highest BCUT2D eigenvalue weighted by Gasteiger charge is 2.17. The molecule has 0 aliphatic rings. The average molecular weight is 404 g/mol. The molecule has 2 aromatic rings. The first-order valence-electron chi connectivity index (χ1n) is 8.85. The molecule has 0 spiro atoms. The van der Waals surface area contributed by atoms with Crippen molar-refractivity contribution in [3.8, 4) is 0 Å². The van der Waals surface area contributed by atoms with Crippen LogP contribution in [0.4, 0.5) is 0 Å². The summed E-state index contributed by atoms with van der Waals surface area (Å²) in [6.07, 6.45) is 0. The molecule has 150 valence electrons. The van der Waals surface area contributed by atoms with Crippen molar-refractivity contribution < 1.29 is 22.7 Å². The van der Waals surface area contributed by atoms with E-state index >= 15 is 0 Å². The van der Waals surface area contributed by atoms with Crippen molar-refractivity contribution >= 4 is 21.8 Å². The second-order valence-electron chi connectivity index (χ2n) is 7.57. The third-order valence-electron chi connectivity index (χ3n) is 4.09. The summed E-state index contributed by atoms with van der Waals surface area (Å²) in [5, 5.41) is 0. The van der Waals surface area contributed by atoms with Gasteiger partial charge in [0.15, 0.2) is 5.78 Å². The van der Waals surface area contributed by atoms with Gasteiger partial charge < -0.3 is 4.74 Å². The van der Waals surface area contributed by atoms with Gasteiger partial charge in [-0.3, -0.25) is 4.79 Å². The van der Waals surface area contributed by atoms with Crippen molar-refractivity contribution in [3.05, 3.63) is 65.2 Å². The van der Waals surface area contributed by atoms with E-state index in [0.29, 0.717) is 11.1 Å². The number of hydrogen-bond donors (Lipinski definition) is 1. The topological polar surface area (TPSA) is 89.5 Å². The predicted octanol–water partition coefficient (Wildman–Crippen LogP) is 3.21. The van der Waals surface area contributed by atoms with E-state index in [-0.39, 0.29) is 29.2 Å². The van der Waals surface area contributed by atoms with Crippen LogP contribution in [0.1, 0.15) is 49.2 Å². The van der Waals surface area contributed by atoms with Gasteiger partial charge in [-0.2, -0.15) is 0 Å². The smallest absolute Gasteiger partial charge is 0.338 e. The van der Waals surface area contributed by atoms with Gasteiger partial charge in [0, 0.05) is 6.54 Å². The Morgan fingerprint density at radius 1 is 0.964 bits per heavy atom. The first kappa shape index (κ1) is 21.8. The van der Waals surface area contributed by atoms with Gasteiger partial charge in [0.2, 0.25) is 10.0 Å². The molecule has 2 rings (SSSR count). The van der Waals surface area contributed by atoms with Gasteiger partial charge in [0.25, 0.3) is 0 Å². The van der Waals surface area contributed by atoms with Gasteiger partial charge in [0.1, 0.15) is 6.61 Å². The molecule has 0 heterocycles. The van der Waals surface area contributed by atoms with Crippen LogP contribution in [0.15, 0.2) is 53.4 Å². The SMILES string of the molecule is CC(=O)COC(=O)c1ccc(CNS(=O)(=O)c2ccc(C(C)(C)C)cc2)cc1. The van der Waals surface area contributed by atoms with Crippen molar-refractivity contribution in [1.82, 2.24) is 4.72 Å². The Morgan fingerprint density at radius 2 is 1.54 bits per heavy atom. The van der Waals surface area contributed by atoms with E-state index in [0.717, 1.165) is 5.56 Å². The quantitative estimate of drug-likeness (QED) is 0.717. The summed E-state index contributed by atoms with van der Waals surface area (Å²) in [6, 6.07) is 13.2. The summed E-state index contributed by atoms with van der Waals surface area (Å²) in [7, 11) is -3.64. The van der Waals surface area contributed by atoms with Crippen LogP contribution in [0.3, 0.4) is 0 Å². The van der Waals surface area contributed by atoms with E-state index in [4.69, 9.17) is 4.74 Å². The number of sulfonamides is 1. The number of carbonyl (C=O) groups is 2. The lowest BCUT2D eigenvalue weighted by atomic mass is 9.87. The predicted molar refractivity (Wildman–Crippen MR) is 107 cm³/mol. The van der Waals surface area contributed by atoms with Crippen molar-refractivity contribution in [1.29, 1.82) is 0 Å². The Bertz CT molecular complexity index is 940. The maximum absolute atomic E-state index is 12.5. The number of nitrogens with one attached hydrogen (secondary N) is 1. The highest BCUT2D eigenvalue weighted by atomic mass is 32.2. The lowest BCUT2D eigenvalue weighted by molar-refractivity contribution is -0.120. The van der Waals surface area contributed by atoms with Crippen LogP contribution >= 0.6 is 0 Å². The van der Waals surface area contributed by atoms with Crippen LogP contribution in [-0.4, -0.2) is 26.8 Å². The van der Waals surface area contributed by atoms with Gasteiger partial charge in [-0.1, -0.05) is 45.0 Å². The molecule has 6 nitrogen and oxygen atoms in total. The molecule has 0 aliphatic heterocycles. The second-order valence-corrected chi connectivity index (χ2v) is 9.34. The molecule has 0 atom stereocenters. The number of hydrogen-bond acceptors (Lipinski definition) is 5. The van der Waals surface area contributed by atoms with E-state index in [2.05, 4.69) is 25.5 Å². The molecule has 0 amide bonds. The molecule has 0 aliphatic carbocycles. The minimum absolute atomic E-state index is 0.0525. The number of carbonyl (C=O) groups excluding carboxylic acids is 2. The summed E-state index contributed by atoms with van der Waals surface area (Å²) in [5.41, 5.74) is 1.99. The molecule has 0 unspecified atom stereocenters. The molecular formula is C21H25NO5S. The summed E-state index contributed by atoms with van der Waals surface area (Å²) >= 11 is 0. The van der Waals surface area contributed by atoms with Crippen LogP contribution in [0.5, 0.6) is 0 Å².